The van der Waals surface area contributed by atoms with Crippen LogP contribution in [-0.2, 0) is 13.0 Å². The Morgan fingerprint density at radius 3 is 2.69 bits per heavy atom. The first-order valence-corrected chi connectivity index (χ1v) is 9.55. The van der Waals surface area contributed by atoms with Gasteiger partial charge in [-0.3, -0.25) is 4.79 Å². The zero-order valence-corrected chi connectivity index (χ0v) is 16.4. The molecule has 1 aliphatic heterocycles. The second kappa shape index (κ2) is 7.89. The summed E-state index contributed by atoms with van der Waals surface area (Å²) in [7, 11) is 0. The van der Waals surface area contributed by atoms with Gasteiger partial charge in [-0.25, -0.2) is 9.97 Å². The Hall–Kier alpha value is -3.45. The lowest BCUT2D eigenvalue weighted by atomic mass is 9.99. The highest BCUT2D eigenvalue weighted by Gasteiger charge is 2.17. The van der Waals surface area contributed by atoms with E-state index in [4.69, 9.17) is 0 Å². The number of nitrogens with one attached hydrogen (secondary N) is 3. The van der Waals surface area contributed by atoms with Gasteiger partial charge in [0.05, 0.1) is 5.56 Å². The van der Waals surface area contributed by atoms with E-state index >= 15 is 0 Å². The van der Waals surface area contributed by atoms with E-state index in [1.807, 2.05) is 32.0 Å². The zero-order chi connectivity index (χ0) is 20.4. The van der Waals surface area contributed by atoms with E-state index < -0.39 is 0 Å². The van der Waals surface area contributed by atoms with Crippen molar-refractivity contribution in [1.82, 2.24) is 15.3 Å². The van der Waals surface area contributed by atoms with Gasteiger partial charge in [-0.15, -0.1) is 0 Å². The largest absolute Gasteiger partial charge is 0.507 e. The molecule has 2 heterocycles. The lowest BCUT2D eigenvalue weighted by molar-refractivity contribution is 0.102. The number of benzene rings is 2. The van der Waals surface area contributed by atoms with Crippen molar-refractivity contribution in [1.29, 1.82) is 0 Å². The number of hydrogen-bond donors (Lipinski definition) is 4. The molecule has 3 aromatic rings. The molecular formula is C22H23N5O2. The molecule has 1 aliphatic rings. The standard InChI is InChI=1S/C22H23N5O2/c1-13-10-14(2)25-22(24-13)26-16-6-7-20(28)17(11-16)21(29)27-19-5-3-4-15-8-9-23-12-18(15)19/h3-7,10-11,23,28H,8-9,12H2,1-2H3,(H,27,29)(H,24,25,26). The lowest BCUT2D eigenvalue weighted by Crippen LogP contribution is -2.25. The van der Waals surface area contributed by atoms with Crippen LogP contribution < -0.4 is 16.0 Å². The Bertz CT molecular complexity index is 1060. The molecule has 0 aliphatic carbocycles. The molecule has 4 N–H and O–H groups in total. The molecule has 1 aromatic heterocycles. The summed E-state index contributed by atoms with van der Waals surface area (Å²) in [6.45, 7) is 5.43. The van der Waals surface area contributed by atoms with E-state index in [0.717, 1.165) is 35.6 Å². The smallest absolute Gasteiger partial charge is 0.259 e. The molecule has 0 fully saturated rings. The van der Waals surface area contributed by atoms with E-state index in [1.165, 1.54) is 11.6 Å². The predicted molar refractivity (Wildman–Crippen MR) is 113 cm³/mol. The highest BCUT2D eigenvalue weighted by molar-refractivity contribution is 6.07. The number of aromatic hydroxyl groups is 1. The number of aromatic nitrogens is 2. The van der Waals surface area contributed by atoms with Crippen LogP contribution in [0.4, 0.5) is 17.3 Å². The number of anilines is 3. The molecule has 7 nitrogen and oxygen atoms in total. The van der Waals surface area contributed by atoms with Crippen molar-refractivity contribution in [3.05, 3.63) is 70.5 Å². The van der Waals surface area contributed by atoms with Crippen LogP contribution >= 0.6 is 0 Å². The average Bonchev–Trinajstić information content (AvgIpc) is 2.69. The number of amides is 1. The Morgan fingerprint density at radius 2 is 1.90 bits per heavy atom. The first-order chi connectivity index (χ1) is 14.0. The van der Waals surface area contributed by atoms with E-state index in [2.05, 4.69) is 32.0 Å². The van der Waals surface area contributed by atoms with Crippen molar-refractivity contribution < 1.29 is 9.90 Å². The normalized spacial score (nSPS) is 12.9. The van der Waals surface area contributed by atoms with Crippen LogP contribution in [0.15, 0.2) is 42.5 Å². The van der Waals surface area contributed by atoms with E-state index in [0.29, 0.717) is 18.2 Å². The highest BCUT2D eigenvalue weighted by Crippen LogP contribution is 2.27. The monoisotopic (exact) mass is 389 g/mol. The maximum atomic E-state index is 12.9. The second-order valence-corrected chi connectivity index (χ2v) is 7.16. The fraction of sp³-hybridized carbons (Fsp3) is 0.227. The summed E-state index contributed by atoms with van der Waals surface area (Å²) >= 11 is 0. The Labute approximate surface area is 169 Å². The number of rotatable bonds is 4. The molecule has 0 saturated heterocycles. The molecule has 0 spiro atoms. The second-order valence-electron chi connectivity index (χ2n) is 7.16. The van der Waals surface area contributed by atoms with Gasteiger partial charge in [0.2, 0.25) is 5.95 Å². The SMILES string of the molecule is Cc1cc(C)nc(Nc2ccc(O)c(C(=O)Nc3cccc4c3CNCC4)c2)n1. The van der Waals surface area contributed by atoms with Crippen LogP contribution in [-0.4, -0.2) is 27.5 Å². The summed E-state index contributed by atoms with van der Waals surface area (Å²) in [4.78, 5) is 21.6. The van der Waals surface area contributed by atoms with Crippen LogP contribution in [0.1, 0.15) is 32.9 Å². The Morgan fingerprint density at radius 1 is 1.10 bits per heavy atom. The fourth-order valence-electron chi connectivity index (χ4n) is 3.53. The molecule has 0 bridgehead atoms. The van der Waals surface area contributed by atoms with Gasteiger partial charge in [-0.2, -0.15) is 0 Å². The molecule has 148 valence electrons. The van der Waals surface area contributed by atoms with Crippen LogP contribution in [0.25, 0.3) is 0 Å². The van der Waals surface area contributed by atoms with Crippen molar-refractivity contribution in [2.24, 2.45) is 0 Å². The van der Waals surface area contributed by atoms with Gasteiger partial charge in [-0.1, -0.05) is 12.1 Å². The topological polar surface area (TPSA) is 99.2 Å². The van der Waals surface area contributed by atoms with E-state index in [9.17, 15) is 9.90 Å². The first kappa shape index (κ1) is 18.9. The van der Waals surface area contributed by atoms with Gasteiger partial charge in [0.15, 0.2) is 0 Å². The van der Waals surface area contributed by atoms with Gasteiger partial charge < -0.3 is 21.1 Å². The quantitative estimate of drug-likeness (QED) is 0.510. The molecule has 4 rings (SSSR count). The third-order valence-corrected chi connectivity index (χ3v) is 4.87. The molecule has 7 heteroatoms. The first-order valence-electron chi connectivity index (χ1n) is 9.55. The number of phenolic OH excluding ortho intramolecular Hbond substituents is 1. The van der Waals surface area contributed by atoms with Crippen molar-refractivity contribution in [3.8, 4) is 5.75 Å². The number of aryl methyl sites for hydroxylation is 2. The van der Waals surface area contributed by atoms with E-state index in [-0.39, 0.29) is 17.2 Å². The predicted octanol–water partition coefficient (Wildman–Crippen LogP) is 3.44. The minimum Gasteiger partial charge on any atom is -0.507 e. The van der Waals surface area contributed by atoms with Gasteiger partial charge >= 0.3 is 0 Å². The minimum absolute atomic E-state index is 0.0858. The third-order valence-electron chi connectivity index (χ3n) is 4.87. The highest BCUT2D eigenvalue weighted by atomic mass is 16.3. The minimum atomic E-state index is -0.369. The molecule has 0 atom stereocenters. The maximum Gasteiger partial charge on any atom is 0.259 e. The molecule has 29 heavy (non-hydrogen) atoms. The maximum absolute atomic E-state index is 12.9. The van der Waals surface area contributed by atoms with Gasteiger partial charge in [0, 0.05) is 29.3 Å². The van der Waals surface area contributed by atoms with Gasteiger partial charge in [0.1, 0.15) is 5.75 Å². The van der Waals surface area contributed by atoms with Gasteiger partial charge in [0.25, 0.3) is 5.91 Å². The number of phenols is 1. The molecule has 0 unspecified atom stereocenters. The van der Waals surface area contributed by atoms with Crippen molar-refractivity contribution in [3.63, 3.8) is 0 Å². The molecule has 2 aromatic carbocycles. The van der Waals surface area contributed by atoms with Crippen molar-refractivity contribution >= 4 is 23.2 Å². The molecule has 0 radical (unpaired) electrons. The number of hydrogen-bond acceptors (Lipinski definition) is 6. The van der Waals surface area contributed by atoms with Crippen LogP contribution in [0.5, 0.6) is 5.75 Å². The van der Waals surface area contributed by atoms with Crippen molar-refractivity contribution in [2.75, 3.05) is 17.2 Å². The van der Waals surface area contributed by atoms with Crippen LogP contribution in [0.3, 0.4) is 0 Å². The Kier molecular flexibility index (Phi) is 5.14. The number of fused-ring (bicyclic) bond motifs is 1. The molecule has 0 saturated carbocycles. The molecule has 1 amide bonds. The van der Waals surface area contributed by atoms with Gasteiger partial charge in [-0.05, 0) is 68.3 Å². The molecular weight excluding hydrogens is 366 g/mol. The Balaban J connectivity index is 1.58. The van der Waals surface area contributed by atoms with Crippen molar-refractivity contribution in [2.45, 2.75) is 26.8 Å². The summed E-state index contributed by atoms with van der Waals surface area (Å²) in [6.07, 6.45) is 0.930. The third kappa shape index (κ3) is 4.20. The summed E-state index contributed by atoms with van der Waals surface area (Å²) in [5.41, 5.74) is 5.57. The van der Waals surface area contributed by atoms with Crippen LogP contribution in [0, 0.1) is 13.8 Å². The summed E-state index contributed by atoms with van der Waals surface area (Å²) in [6, 6.07) is 12.6. The van der Waals surface area contributed by atoms with Crippen LogP contribution in [0.2, 0.25) is 0 Å². The average molecular weight is 389 g/mol. The number of nitrogens with zero attached hydrogens (tertiary/aromatic N) is 2. The lowest BCUT2D eigenvalue weighted by Gasteiger charge is -2.20. The zero-order valence-electron chi connectivity index (χ0n) is 16.4. The summed E-state index contributed by atoms with van der Waals surface area (Å²) < 4.78 is 0. The number of carbonyl (C=O) groups is 1. The summed E-state index contributed by atoms with van der Waals surface area (Å²) in [5.74, 6) is -0.00784. The summed E-state index contributed by atoms with van der Waals surface area (Å²) in [5, 5.41) is 19.6. The fourth-order valence-corrected chi connectivity index (χ4v) is 3.53. The number of carbonyl (C=O) groups excluding carboxylic acids is 1. The van der Waals surface area contributed by atoms with E-state index in [1.54, 1.807) is 12.1 Å².